The van der Waals surface area contributed by atoms with Crippen molar-refractivity contribution in [1.82, 2.24) is 9.13 Å². The number of aromatic nitrogens is 2. The third-order valence-electron chi connectivity index (χ3n) is 17.1. The van der Waals surface area contributed by atoms with Crippen molar-refractivity contribution < 1.29 is 0 Å². The number of benzene rings is 10. The Morgan fingerprint density at radius 2 is 0.846 bits per heavy atom. The molecule has 5 heterocycles. The van der Waals surface area contributed by atoms with E-state index in [0.717, 1.165) is 0 Å². The second-order valence-corrected chi connectivity index (χ2v) is 19.3. The lowest BCUT2D eigenvalue weighted by atomic mass is 9.33. The maximum absolute atomic E-state index is 2.72. The predicted octanol–water partition coefficient (Wildman–Crippen LogP) is 12.0. The zero-order chi connectivity index (χ0) is 41.7. The number of fused-ring (bicyclic) bond motifs is 25. The molecule has 0 fully saturated rings. The SMILES string of the molecule is c1ccc2c(c1)-c1ccccc1C21c2ccccc2-c2c1cc1c3c2c2ccccc2n3-c2ccc3c4c2B1c1cccc2c5cccc(c5n-4c12)C31c2ccccc2-c2ccccc21. The van der Waals surface area contributed by atoms with Crippen molar-refractivity contribution >= 4 is 66.7 Å². The molecule has 2 aromatic heterocycles. The van der Waals surface area contributed by atoms with Crippen LogP contribution in [0.25, 0.3) is 88.4 Å². The van der Waals surface area contributed by atoms with Crippen LogP contribution in [0.5, 0.6) is 0 Å². The van der Waals surface area contributed by atoms with E-state index in [9.17, 15) is 0 Å². The van der Waals surface area contributed by atoms with E-state index in [1.807, 2.05) is 0 Å². The Kier molecular flexibility index (Phi) is 5.23. The van der Waals surface area contributed by atoms with E-state index in [-0.39, 0.29) is 6.71 Å². The molecule has 0 N–H and O–H groups in total. The minimum atomic E-state index is -0.487. The monoisotopic (exact) mass is 816 g/mol. The van der Waals surface area contributed by atoms with Gasteiger partial charge in [-0.25, -0.2) is 0 Å². The first-order valence-corrected chi connectivity index (χ1v) is 23.1. The van der Waals surface area contributed by atoms with Crippen molar-refractivity contribution in [2.24, 2.45) is 0 Å². The highest BCUT2D eigenvalue weighted by Gasteiger charge is 2.56. The standard InChI is InChI=1S/C62H33BN2/c1-7-23-42-34(15-1)35-16-2-8-24-43(35)61(42)46-27-11-5-19-40(46)54-49(61)33-51-60-55(54)41-20-6-12-30-52(41)64(60)53-32-31-48-59-56(53)63(51)50-29-14-22-39-38-21-13-28-47(57(38)65(59)58(39)50)62(48)44-25-9-3-17-36(44)37-18-4-10-26-45(37)62/h1-33H. The molecule has 65 heavy (non-hydrogen) atoms. The number of nitrogens with zero attached hydrogens (tertiary/aromatic N) is 2. The van der Waals surface area contributed by atoms with Gasteiger partial charge in [0, 0.05) is 38.4 Å². The fraction of sp³-hybridized carbons (Fsp3) is 0.0323. The van der Waals surface area contributed by atoms with Gasteiger partial charge in [0.2, 0.25) is 0 Å². The van der Waals surface area contributed by atoms with Crippen LogP contribution in [0.4, 0.5) is 0 Å². The van der Waals surface area contributed by atoms with Gasteiger partial charge >= 0.3 is 0 Å². The van der Waals surface area contributed by atoms with Gasteiger partial charge in [0.25, 0.3) is 6.71 Å². The van der Waals surface area contributed by atoms with Gasteiger partial charge in [-0.1, -0.05) is 188 Å². The molecule has 0 radical (unpaired) electrons. The number of rotatable bonds is 0. The molecule has 2 spiro atoms. The summed E-state index contributed by atoms with van der Waals surface area (Å²) in [5.74, 6) is 0. The average molecular weight is 817 g/mol. The maximum Gasteiger partial charge on any atom is 0.252 e. The normalized spacial score (nSPS) is 15.6. The topological polar surface area (TPSA) is 9.86 Å². The van der Waals surface area contributed by atoms with Crippen molar-refractivity contribution in [2.75, 3.05) is 0 Å². The molecule has 0 unspecified atom stereocenters. The van der Waals surface area contributed by atoms with Gasteiger partial charge < -0.3 is 9.13 Å². The summed E-state index contributed by atoms with van der Waals surface area (Å²) in [6, 6.07) is 77.7. The van der Waals surface area contributed by atoms with E-state index in [4.69, 9.17) is 0 Å². The van der Waals surface area contributed by atoms with Crippen molar-refractivity contribution in [3.63, 3.8) is 0 Å². The molecule has 12 aromatic rings. The smallest absolute Gasteiger partial charge is 0.252 e. The lowest BCUT2D eigenvalue weighted by molar-refractivity contribution is 0.749. The molecular weight excluding hydrogens is 784 g/mol. The summed E-state index contributed by atoms with van der Waals surface area (Å²) in [6.07, 6.45) is 0. The highest BCUT2D eigenvalue weighted by Crippen LogP contribution is 2.65. The molecule has 3 heteroatoms. The molecule has 3 aliphatic heterocycles. The number of hydrogen-bond acceptors (Lipinski definition) is 0. The molecular formula is C62H33BN2. The summed E-state index contributed by atoms with van der Waals surface area (Å²) < 4.78 is 5.39. The van der Waals surface area contributed by atoms with Crippen LogP contribution >= 0.6 is 0 Å². The van der Waals surface area contributed by atoms with Gasteiger partial charge in [-0.05, 0) is 106 Å². The highest BCUT2D eigenvalue weighted by molar-refractivity contribution is 7.00. The lowest BCUT2D eigenvalue weighted by Crippen LogP contribution is -2.60. The van der Waals surface area contributed by atoms with Crippen LogP contribution in [0.15, 0.2) is 200 Å². The van der Waals surface area contributed by atoms with Crippen LogP contribution in [0.1, 0.15) is 44.5 Å². The minimum absolute atomic E-state index is 0.00298. The van der Waals surface area contributed by atoms with Crippen molar-refractivity contribution in [2.45, 2.75) is 10.8 Å². The fourth-order valence-electron chi connectivity index (χ4n) is 15.2. The predicted molar refractivity (Wildman–Crippen MR) is 267 cm³/mol. The first-order valence-electron chi connectivity index (χ1n) is 23.1. The van der Waals surface area contributed by atoms with Crippen LogP contribution in [-0.4, -0.2) is 15.8 Å². The molecule has 10 aromatic carbocycles. The van der Waals surface area contributed by atoms with E-state index in [1.54, 1.807) is 0 Å². The quantitative estimate of drug-likeness (QED) is 0.135. The highest BCUT2D eigenvalue weighted by atomic mass is 15.1. The third kappa shape index (κ3) is 3.15. The fourth-order valence-corrected chi connectivity index (χ4v) is 15.2. The molecule has 2 nitrogen and oxygen atoms in total. The molecule has 3 aliphatic carbocycles. The molecule has 0 saturated carbocycles. The average Bonchev–Trinajstić information content (AvgIpc) is 4.14. The van der Waals surface area contributed by atoms with Crippen LogP contribution < -0.4 is 16.4 Å². The van der Waals surface area contributed by atoms with E-state index < -0.39 is 10.8 Å². The lowest BCUT2D eigenvalue weighted by Gasteiger charge is -2.44. The zero-order valence-electron chi connectivity index (χ0n) is 35.0. The summed E-state index contributed by atoms with van der Waals surface area (Å²) >= 11 is 0. The molecule has 0 atom stereocenters. The summed E-state index contributed by atoms with van der Waals surface area (Å²) in [5, 5.41) is 5.36. The van der Waals surface area contributed by atoms with Crippen molar-refractivity contribution in [3.05, 3.63) is 245 Å². The van der Waals surface area contributed by atoms with Crippen LogP contribution in [0, 0.1) is 0 Å². The largest absolute Gasteiger partial charge is 0.310 e. The molecule has 0 bridgehead atoms. The summed E-state index contributed by atoms with van der Waals surface area (Å²) in [5.41, 5.74) is 30.4. The van der Waals surface area contributed by atoms with Crippen LogP contribution in [0.3, 0.4) is 0 Å². The Morgan fingerprint density at radius 1 is 0.338 bits per heavy atom. The van der Waals surface area contributed by atoms with E-state index in [2.05, 4.69) is 209 Å². The Bertz CT molecular complexity index is 4240. The van der Waals surface area contributed by atoms with E-state index in [1.165, 1.54) is 149 Å². The molecule has 294 valence electrons. The van der Waals surface area contributed by atoms with E-state index >= 15 is 0 Å². The molecule has 0 saturated heterocycles. The molecule has 6 aliphatic rings. The summed E-state index contributed by atoms with van der Waals surface area (Å²) in [7, 11) is 0. The number of hydrogen-bond donors (Lipinski definition) is 0. The van der Waals surface area contributed by atoms with Crippen molar-refractivity contribution in [3.8, 4) is 44.8 Å². The minimum Gasteiger partial charge on any atom is -0.310 e. The first-order chi connectivity index (χ1) is 32.3. The van der Waals surface area contributed by atoms with Crippen LogP contribution in [-0.2, 0) is 10.8 Å². The van der Waals surface area contributed by atoms with Gasteiger partial charge in [-0.3, -0.25) is 0 Å². The Hall–Kier alpha value is -8.14. The molecule has 18 rings (SSSR count). The van der Waals surface area contributed by atoms with Crippen LogP contribution in [0.2, 0.25) is 0 Å². The summed E-state index contributed by atoms with van der Waals surface area (Å²) in [4.78, 5) is 0. The Morgan fingerprint density at radius 3 is 1.51 bits per heavy atom. The first kappa shape index (κ1) is 32.5. The van der Waals surface area contributed by atoms with Gasteiger partial charge in [0.15, 0.2) is 0 Å². The Balaban J connectivity index is 1.08. The Labute approximate surface area is 374 Å². The second-order valence-electron chi connectivity index (χ2n) is 19.3. The van der Waals surface area contributed by atoms with Gasteiger partial charge in [0.05, 0.1) is 27.4 Å². The van der Waals surface area contributed by atoms with Crippen molar-refractivity contribution in [1.29, 1.82) is 0 Å². The van der Waals surface area contributed by atoms with Gasteiger partial charge in [-0.15, -0.1) is 0 Å². The summed E-state index contributed by atoms with van der Waals surface area (Å²) in [6.45, 7) is 0.00298. The maximum atomic E-state index is 2.72. The second kappa shape index (κ2) is 10.4. The number of para-hydroxylation sites is 3. The third-order valence-corrected chi connectivity index (χ3v) is 17.1. The van der Waals surface area contributed by atoms with E-state index in [0.29, 0.717) is 0 Å². The zero-order valence-corrected chi connectivity index (χ0v) is 35.0. The molecule has 0 amide bonds. The van der Waals surface area contributed by atoms with Gasteiger partial charge in [0.1, 0.15) is 0 Å². The van der Waals surface area contributed by atoms with Gasteiger partial charge in [-0.2, -0.15) is 0 Å².